The second-order valence-corrected chi connectivity index (χ2v) is 7.41. The first-order valence-electron chi connectivity index (χ1n) is 9.36. The summed E-state index contributed by atoms with van der Waals surface area (Å²) in [6.07, 6.45) is 4.89. The van der Waals surface area contributed by atoms with Gasteiger partial charge in [0, 0.05) is 31.0 Å². The molecular formula is C22H27N3O2. The van der Waals surface area contributed by atoms with Gasteiger partial charge >= 0.3 is 0 Å². The van der Waals surface area contributed by atoms with Gasteiger partial charge in [-0.3, -0.25) is 4.79 Å². The second-order valence-electron chi connectivity index (χ2n) is 7.41. The molecule has 2 heterocycles. The summed E-state index contributed by atoms with van der Waals surface area (Å²) in [6.45, 7) is 6.78. The highest BCUT2D eigenvalue weighted by Gasteiger charge is 2.18. The van der Waals surface area contributed by atoms with E-state index in [1.165, 1.54) is 0 Å². The number of carbonyl (C=O) groups is 1. The molecule has 0 aliphatic carbocycles. The number of pyridine rings is 1. The summed E-state index contributed by atoms with van der Waals surface area (Å²) in [7, 11) is 1.86. The average Bonchev–Trinajstić information content (AvgIpc) is 3.08. The maximum absolute atomic E-state index is 12.8. The molecule has 1 amide bonds. The van der Waals surface area contributed by atoms with Gasteiger partial charge in [-0.15, -0.1) is 0 Å². The average molecular weight is 365 g/mol. The zero-order valence-electron chi connectivity index (χ0n) is 16.4. The number of amides is 1. The topological polar surface area (TPSA) is 46.8 Å². The van der Waals surface area contributed by atoms with Crippen molar-refractivity contribution in [3.63, 3.8) is 0 Å². The van der Waals surface area contributed by atoms with E-state index in [-0.39, 0.29) is 11.9 Å². The number of benzene rings is 1. The van der Waals surface area contributed by atoms with Gasteiger partial charge in [-0.25, -0.2) is 4.98 Å². The zero-order chi connectivity index (χ0) is 19.4. The molecule has 0 spiro atoms. The van der Waals surface area contributed by atoms with E-state index >= 15 is 0 Å². The van der Waals surface area contributed by atoms with Crippen molar-refractivity contribution < 1.29 is 9.53 Å². The van der Waals surface area contributed by atoms with Crippen LogP contribution in [-0.4, -0.2) is 33.3 Å². The predicted molar refractivity (Wildman–Crippen MR) is 107 cm³/mol. The monoisotopic (exact) mass is 365 g/mol. The predicted octanol–water partition coefficient (Wildman–Crippen LogP) is 4.42. The Labute approximate surface area is 160 Å². The number of hydrogen-bond acceptors (Lipinski definition) is 3. The molecular weight excluding hydrogens is 338 g/mol. The molecule has 142 valence electrons. The maximum Gasteiger partial charge on any atom is 0.253 e. The fraction of sp³-hybridized carbons (Fsp3) is 0.364. The zero-order valence-corrected chi connectivity index (χ0v) is 16.4. The lowest BCUT2D eigenvalue weighted by molar-refractivity contribution is 0.0727. The van der Waals surface area contributed by atoms with Crippen molar-refractivity contribution in [2.45, 2.75) is 39.8 Å². The summed E-state index contributed by atoms with van der Waals surface area (Å²) < 4.78 is 7.83. The molecule has 2 aromatic heterocycles. The molecule has 5 nitrogen and oxygen atoms in total. The Balaban J connectivity index is 1.66. The fourth-order valence-corrected chi connectivity index (χ4v) is 3.18. The molecule has 3 aromatic rings. The van der Waals surface area contributed by atoms with E-state index in [1.807, 2.05) is 60.2 Å². The van der Waals surface area contributed by atoms with Gasteiger partial charge in [0.15, 0.2) is 0 Å². The smallest absolute Gasteiger partial charge is 0.253 e. The van der Waals surface area contributed by atoms with Crippen LogP contribution in [0.25, 0.3) is 5.65 Å². The highest BCUT2D eigenvalue weighted by atomic mass is 16.5. The Morgan fingerprint density at radius 3 is 2.74 bits per heavy atom. The number of imidazole rings is 1. The molecule has 0 saturated heterocycles. The van der Waals surface area contributed by atoms with Crippen molar-refractivity contribution >= 4 is 11.6 Å². The van der Waals surface area contributed by atoms with Crippen LogP contribution in [0.5, 0.6) is 5.75 Å². The summed E-state index contributed by atoms with van der Waals surface area (Å²) in [6, 6.07) is 13.4. The van der Waals surface area contributed by atoms with Crippen LogP contribution in [0.4, 0.5) is 0 Å². The first-order chi connectivity index (χ1) is 12.9. The lowest BCUT2D eigenvalue weighted by atomic mass is 10.0. The molecule has 3 rings (SSSR count). The van der Waals surface area contributed by atoms with Crippen molar-refractivity contribution in [2.75, 3.05) is 7.05 Å². The molecule has 27 heavy (non-hydrogen) atoms. The molecule has 1 aromatic carbocycles. The molecule has 0 fully saturated rings. The first-order valence-corrected chi connectivity index (χ1v) is 9.36. The van der Waals surface area contributed by atoms with E-state index in [0.29, 0.717) is 23.8 Å². The molecule has 0 aliphatic heterocycles. The Morgan fingerprint density at radius 2 is 2.00 bits per heavy atom. The number of nitrogens with zero attached hydrogens (tertiary/aromatic N) is 3. The Bertz CT molecular complexity index is 884. The number of ether oxygens (including phenoxy) is 1. The Hall–Kier alpha value is -2.82. The quantitative estimate of drug-likeness (QED) is 0.623. The van der Waals surface area contributed by atoms with Gasteiger partial charge in [-0.2, -0.15) is 0 Å². The van der Waals surface area contributed by atoms with Crippen LogP contribution in [-0.2, 0) is 6.61 Å². The lowest BCUT2D eigenvalue weighted by Gasteiger charge is -2.26. The van der Waals surface area contributed by atoms with E-state index in [1.54, 1.807) is 11.0 Å². The van der Waals surface area contributed by atoms with Gasteiger partial charge in [-0.05, 0) is 49.6 Å². The minimum atomic E-state index is 0.0151. The highest BCUT2D eigenvalue weighted by molar-refractivity contribution is 5.94. The van der Waals surface area contributed by atoms with Crippen LogP contribution < -0.4 is 4.74 Å². The first kappa shape index (κ1) is 19.0. The van der Waals surface area contributed by atoms with Gasteiger partial charge < -0.3 is 14.0 Å². The molecule has 1 atom stereocenters. The van der Waals surface area contributed by atoms with Crippen molar-refractivity contribution in [2.24, 2.45) is 5.92 Å². The molecule has 1 unspecified atom stereocenters. The number of hydrogen-bond donors (Lipinski definition) is 0. The molecule has 0 radical (unpaired) electrons. The van der Waals surface area contributed by atoms with E-state index in [4.69, 9.17) is 4.74 Å². The highest BCUT2D eigenvalue weighted by Crippen LogP contribution is 2.18. The van der Waals surface area contributed by atoms with E-state index < -0.39 is 0 Å². The minimum Gasteiger partial charge on any atom is -0.487 e. The normalized spacial score (nSPS) is 12.3. The maximum atomic E-state index is 12.8. The SMILES string of the molecule is CC(C)CC(C)N(C)C(=O)c1cccc(OCc2cn3ccccc3n2)c1. The van der Waals surface area contributed by atoms with E-state index in [2.05, 4.69) is 25.8 Å². The molecule has 0 aliphatic rings. The van der Waals surface area contributed by atoms with Crippen molar-refractivity contribution in [1.29, 1.82) is 0 Å². The van der Waals surface area contributed by atoms with Crippen LogP contribution in [0.3, 0.4) is 0 Å². The standard InChI is InChI=1S/C22H27N3O2/c1-16(2)12-17(3)24(4)22(26)18-8-7-9-20(13-18)27-15-19-14-25-11-6-5-10-21(25)23-19/h5-11,13-14,16-17H,12,15H2,1-4H3. The van der Waals surface area contributed by atoms with Crippen LogP contribution in [0.1, 0.15) is 43.2 Å². The van der Waals surface area contributed by atoms with Crippen molar-refractivity contribution in [1.82, 2.24) is 14.3 Å². The van der Waals surface area contributed by atoms with Gasteiger partial charge in [-0.1, -0.05) is 26.0 Å². The lowest BCUT2D eigenvalue weighted by Crippen LogP contribution is -2.35. The largest absolute Gasteiger partial charge is 0.487 e. The fourth-order valence-electron chi connectivity index (χ4n) is 3.18. The van der Waals surface area contributed by atoms with Gasteiger partial charge in [0.25, 0.3) is 5.91 Å². The summed E-state index contributed by atoms with van der Waals surface area (Å²) in [5.41, 5.74) is 2.38. The summed E-state index contributed by atoms with van der Waals surface area (Å²) in [4.78, 5) is 19.1. The molecule has 0 bridgehead atoms. The van der Waals surface area contributed by atoms with Crippen molar-refractivity contribution in [3.05, 3.63) is 66.1 Å². The number of fused-ring (bicyclic) bond motifs is 1. The van der Waals surface area contributed by atoms with Crippen LogP contribution in [0.2, 0.25) is 0 Å². The second kappa shape index (κ2) is 8.25. The Kier molecular flexibility index (Phi) is 5.79. The van der Waals surface area contributed by atoms with Gasteiger partial charge in [0.05, 0.1) is 5.69 Å². The van der Waals surface area contributed by atoms with E-state index in [9.17, 15) is 4.79 Å². The van der Waals surface area contributed by atoms with E-state index in [0.717, 1.165) is 17.8 Å². The number of aromatic nitrogens is 2. The number of rotatable bonds is 7. The molecule has 0 N–H and O–H groups in total. The van der Waals surface area contributed by atoms with Crippen LogP contribution in [0.15, 0.2) is 54.9 Å². The molecule has 5 heteroatoms. The van der Waals surface area contributed by atoms with Crippen LogP contribution >= 0.6 is 0 Å². The third kappa shape index (κ3) is 4.67. The summed E-state index contributed by atoms with van der Waals surface area (Å²) >= 11 is 0. The molecule has 0 saturated carbocycles. The summed E-state index contributed by atoms with van der Waals surface area (Å²) in [5, 5.41) is 0. The van der Waals surface area contributed by atoms with Crippen LogP contribution in [0, 0.1) is 5.92 Å². The number of carbonyl (C=O) groups excluding carboxylic acids is 1. The Morgan fingerprint density at radius 1 is 1.19 bits per heavy atom. The van der Waals surface area contributed by atoms with Gasteiger partial charge in [0.1, 0.15) is 18.0 Å². The summed E-state index contributed by atoms with van der Waals surface area (Å²) in [5.74, 6) is 1.24. The third-order valence-electron chi connectivity index (χ3n) is 4.68. The van der Waals surface area contributed by atoms with Gasteiger partial charge in [0.2, 0.25) is 0 Å². The third-order valence-corrected chi connectivity index (χ3v) is 4.68. The van der Waals surface area contributed by atoms with Crippen molar-refractivity contribution in [3.8, 4) is 5.75 Å². The minimum absolute atomic E-state index is 0.0151.